The van der Waals surface area contributed by atoms with Crippen molar-refractivity contribution < 1.29 is 0 Å². The van der Waals surface area contributed by atoms with Gasteiger partial charge in [0.15, 0.2) is 5.96 Å². The maximum absolute atomic E-state index is 4.22. The smallest absolute Gasteiger partial charge is 0.191 e. The molecule has 0 amide bonds. The number of nitrogens with one attached hydrogen (secondary N) is 2. The van der Waals surface area contributed by atoms with Crippen molar-refractivity contribution in [3.05, 3.63) is 20.8 Å². The molecule has 0 spiro atoms. The standard InChI is InChI=1S/C12H20BrN3S/c1-8(2)9(3)16-12(14-4)15-6-11-5-10(13)7-17-11/h5,7-9H,6H2,1-4H3,(H2,14,15,16). The summed E-state index contributed by atoms with van der Waals surface area (Å²) in [6.45, 7) is 7.36. The Labute approximate surface area is 116 Å². The third-order valence-corrected chi connectivity index (χ3v) is 4.34. The molecule has 0 fully saturated rings. The second-order valence-electron chi connectivity index (χ2n) is 4.33. The number of guanidine groups is 1. The second kappa shape index (κ2) is 7.01. The van der Waals surface area contributed by atoms with E-state index in [1.165, 1.54) is 4.88 Å². The minimum absolute atomic E-state index is 0.413. The Bertz CT molecular complexity index is 374. The summed E-state index contributed by atoms with van der Waals surface area (Å²) in [4.78, 5) is 5.51. The van der Waals surface area contributed by atoms with Gasteiger partial charge in [-0.2, -0.15) is 0 Å². The first-order valence-corrected chi connectivity index (χ1v) is 7.40. The van der Waals surface area contributed by atoms with Gasteiger partial charge < -0.3 is 10.6 Å². The normalized spacial score (nSPS) is 13.9. The van der Waals surface area contributed by atoms with Crippen molar-refractivity contribution in [1.29, 1.82) is 0 Å². The molecule has 2 N–H and O–H groups in total. The first kappa shape index (κ1) is 14.5. The van der Waals surface area contributed by atoms with E-state index in [0.717, 1.165) is 17.0 Å². The van der Waals surface area contributed by atoms with E-state index in [2.05, 4.69) is 63.8 Å². The molecular weight excluding hydrogens is 298 g/mol. The van der Waals surface area contributed by atoms with Crippen LogP contribution in [-0.2, 0) is 6.54 Å². The molecule has 1 atom stereocenters. The van der Waals surface area contributed by atoms with Crippen LogP contribution in [0.2, 0.25) is 0 Å². The predicted molar refractivity (Wildman–Crippen MR) is 79.7 cm³/mol. The molecule has 1 unspecified atom stereocenters. The Balaban J connectivity index is 2.43. The zero-order valence-electron chi connectivity index (χ0n) is 10.7. The van der Waals surface area contributed by atoms with Crippen LogP contribution in [0.15, 0.2) is 20.9 Å². The van der Waals surface area contributed by atoms with Gasteiger partial charge in [-0.15, -0.1) is 11.3 Å². The maximum atomic E-state index is 4.22. The van der Waals surface area contributed by atoms with Crippen LogP contribution >= 0.6 is 27.3 Å². The summed E-state index contributed by atoms with van der Waals surface area (Å²) < 4.78 is 1.14. The highest BCUT2D eigenvalue weighted by atomic mass is 79.9. The molecule has 0 aliphatic rings. The summed E-state index contributed by atoms with van der Waals surface area (Å²) in [5.41, 5.74) is 0. The zero-order valence-corrected chi connectivity index (χ0v) is 13.2. The summed E-state index contributed by atoms with van der Waals surface area (Å²) in [7, 11) is 1.80. The Morgan fingerprint density at radius 3 is 2.65 bits per heavy atom. The van der Waals surface area contributed by atoms with Crippen LogP contribution in [0.25, 0.3) is 0 Å². The lowest BCUT2D eigenvalue weighted by Crippen LogP contribution is -2.43. The second-order valence-corrected chi connectivity index (χ2v) is 6.25. The van der Waals surface area contributed by atoms with E-state index in [1.807, 2.05) is 0 Å². The molecule has 1 aromatic heterocycles. The molecule has 0 aliphatic carbocycles. The zero-order chi connectivity index (χ0) is 12.8. The fourth-order valence-corrected chi connectivity index (χ4v) is 2.59. The van der Waals surface area contributed by atoms with Crippen molar-refractivity contribution >= 4 is 33.2 Å². The topological polar surface area (TPSA) is 36.4 Å². The van der Waals surface area contributed by atoms with E-state index in [9.17, 15) is 0 Å². The highest BCUT2D eigenvalue weighted by Crippen LogP contribution is 2.19. The van der Waals surface area contributed by atoms with E-state index in [0.29, 0.717) is 12.0 Å². The van der Waals surface area contributed by atoms with E-state index < -0.39 is 0 Å². The quantitative estimate of drug-likeness (QED) is 0.660. The first-order valence-electron chi connectivity index (χ1n) is 5.73. The van der Waals surface area contributed by atoms with Gasteiger partial charge in [-0.3, -0.25) is 4.99 Å². The predicted octanol–water partition coefficient (Wildman–Crippen LogP) is 3.22. The van der Waals surface area contributed by atoms with Crippen molar-refractivity contribution in [3.63, 3.8) is 0 Å². The highest BCUT2D eigenvalue weighted by Gasteiger charge is 2.08. The van der Waals surface area contributed by atoms with Gasteiger partial charge in [0.05, 0.1) is 6.54 Å². The minimum atomic E-state index is 0.413. The molecule has 1 rings (SSSR count). The summed E-state index contributed by atoms with van der Waals surface area (Å²) >= 11 is 5.19. The van der Waals surface area contributed by atoms with Crippen molar-refractivity contribution in [1.82, 2.24) is 10.6 Å². The molecular formula is C12H20BrN3S. The molecule has 1 aromatic rings. The van der Waals surface area contributed by atoms with Crippen molar-refractivity contribution in [3.8, 4) is 0 Å². The maximum Gasteiger partial charge on any atom is 0.191 e. The Morgan fingerprint density at radius 2 is 2.18 bits per heavy atom. The van der Waals surface area contributed by atoms with Crippen LogP contribution in [0.1, 0.15) is 25.6 Å². The minimum Gasteiger partial charge on any atom is -0.354 e. The molecule has 0 radical (unpaired) electrons. The van der Waals surface area contributed by atoms with Crippen LogP contribution < -0.4 is 10.6 Å². The Morgan fingerprint density at radius 1 is 1.47 bits per heavy atom. The molecule has 0 bridgehead atoms. The lowest BCUT2D eigenvalue weighted by molar-refractivity contribution is 0.481. The molecule has 3 nitrogen and oxygen atoms in total. The highest BCUT2D eigenvalue weighted by molar-refractivity contribution is 9.10. The van der Waals surface area contributed by atoms with Gasteiger partial charge in [0.25, 0.3) is 0 Å². The average Bonchev–Trinajstić information content (AvgIpc) is 2.69. The fraction of sp³-hybridized carbons (Fsp3) is 0.583. The first-order chi connectivity index (χ1) is 8.02. The monoisotopic (exact) mass is 317 g/mol. The van der Waals surface area contributed by atoms with Gasteiger partial charge in [0.2, 0.25) is 0 Å². The third-order valence-electron chi connectivity index (χ3n) is 2.64. The third kappa shape index (κ3) is 5.08. The van der Waals surface area contributed by atoms with E-state index in [-0.39, 0.29) is 0 Å². The van der Waals surface area contributed by atoms with Crippen LogP contribution in [0, 0.1) is 5.92 Å². The van der Waals surface area contributed by atoms with Gasteiger partial charge >= 0.3 is 0 Å². The van der Waals surface area contributed by atoms with E-state index in [1.54, 1.807) is 18.4 Å². The van der Waals surface area contributed by atoms with Crippen LogP contribution in [0.4, 0.5) is 0 Å². The number of rotatable bonds is 4. The Hall–Kier alpha value is -0.550. The summed E-state index contributed by atoms with van der Waals surface area (Å²) in [6.07, 6.45) is 0. The van der Waals surface area contributed by atoms with Crippen molar-refractivity contribution in [2.75, 3.05) is 7.05 Å². The molecule has 5 heteroatoms. The summed E-state index contributed by atoms with van der Waals surface area (Å²) in [5, 5.41) is 8.78. The number of halogens is 1. The van der Waals surface area contributed by atoms with Crippen LogP contribution in [-0.4, -0.2) is 19.0 Å². The molecule has 0 saturated heterocycles. The molecule has 0 saturated carbocycles. The van der Waals surface area contributed by atoms with Crippen molar-refractivity contribution in [2.24, 2.45) is 10.9 Å². The number of nitrogens with zero attached hydrogens (tertiary/aromatic N) is 1. The summed E-state index contributed by atoms with van der Waals surface area (Å²) in [6, 6.07) is 2.54. The number of thiophene rings is 1. The van der Waals surface area contributed by atoms with Crippen molar-refractivity contribution in [2.45, 2.75) is 33.4 Å². The SMILES string of the molecule is CN=C(NCc1cc(Br)cs1)NC(C)C(C)C. The molecule has 0 aliphatic heterocycles. The van der Waals surface area contributed by atoms with E-state index >= 15 is 0 Å². The summed E-state index contributed by atoms with van der Waals surface area (Å²) in [5.74, 6) is 1.44. The number of hydrogen-bond donors (Lipinski definition) is 2. The fourth-order valence-electron chi connectivity index (χ4n) is 1.19. The van der Waals surface area contributed by atoms with E-state index in [4.69, 9.17) is 0 Å². The lowest BCUT2D eigenvalue weighted by atomic mass is 10.1. The molecule has 1 heterocycles. The van der Waals surface area contributed by atoms with Gasteiger partial charge in [0.1, 0.15) is 0 Å². The molecule has 17 heavy (non-hydrogen) atoms. The van der Waals surface area contributed by atoms with Crippen LogP contribution in [0.5, 0.6) is 0 Å². The molecule has 96 valence electrons. The van der Waals surface area contributed by atoms with Gasteiger partial charge in [-0.25, -0.2) is 0 Å². The Kier molecular flexibility index (Phi) is 5.98. The number of aliphatic imine (C=N–C) groups is 1. The van der Waals surface area contributed by atoms with Gasteiger partial charge in [-0.1, -0.05) is 13.8 Å². The lowest BCUT2D eigenvalue weighted by Gasteiger charge is -2.20. The van der Waals surface area contributed by atoms with Gasteiger partial charge in [-0.05, 0) is 34.8 Å². The van der Waals surface area contributed by atoms with Crippen LogP contribution in [0.3, 0.4) is 0 Å². The number of hydrogen-bond acceptors (Lipinski definition) is 2. The largest absolute Gasteiger partial charge is 0.354 e. The average molecular weight is 318 g/mol. The molecule has 0 aromatic carbocycles. The van der Waals surface area contributed by atoms with Gasteiger partial charge in [0, 0.05) is 27.8 Å².